The molecule has 16 heavy (non-hydrogen) atoms. The first-order chi connectivity index (χ1) is 7.36. The quantitative estimate of drug-likeness (QED) is 0.813. The fourth-order valence-corrected chi connectivity index (χ4v) is 1.55. The van der Waals surface area contributed by atoms with Gasteiger partial charge in [0.1, 0.15) is 11.7 Å². The number of rotatable bonds is 3. The molecule has 0 radical (unpaired) electrons. The van der Waals surface area contributed by atoms with E-state index in [-0.39, 0.29) is 17.6 Å². The Morgan fingerprint density at radius 2 is 2.12 bits per heavy atom. The molecular formula is C12H15ClFNO. The third-order valence-corrected chi connectivity index (χ3v) is 2.70. The Kier molecular flexibility index (Phi) is 3.92. The van der Waals surface area contributed by atoms with Crippen molar-refractivity contribution in [3.63, 3.8) is 0 Å². The lowest BCUT2D eigenvalue weighted by Crippen LogP contribution is -2.41. The summed E-state index contributed by atoms with van der Waals surface area (Å²) < 4.78 is 13.1. The number of alkyl halides is 1. The van der Waals surface area contributed by atoms with Gasteiger partial charge in [0, 0.05) is 0 Å². The van der Waals surface area contributed by atoms with Gasteiger partial charge in [-0.25, -0.2) is 4.39 Å². The molecule has 0 aliphatic carbocycles. The van der Waals surface area contributed by atoms with Crippen LogP contribution in [-0.4, -0.2) is 11.8 Å². The third-order valence-electron chi connectivity index (χ3n) is 2.45. The van der Waals surface area contributed by atoms with E-state index in [4.69, 9.17) is 11.6 Å². The molecule has 0 saturated carbocycles. The predicted molar refractivity (Wildman–Crippen MR) is 63.0 cm³/mol. The highest BCUT2D eigenvalue weighted by molar-refractivity contribution is 6.27. The van der Waals surface area contributed by atoms with Crippen LogP contribution < -0.4 is 5.32 Å². The number of carbonyl (C=O) groups excluding carboxylic acids is 1. The predicted octanol–water partition coefficient (Wildman–Crippen LogP) is 2.72. The zero-order chi connectivity index (χ0) is 12.3. The molecule has 2 nitrogen and oxygen atoms in total. The lowest BCUT2D eigenvalue weighted by atomic mass is 9.93. The summed E-state index contributed by atoms with van der Waals surface area (Å²) >= 11 is 5.43. The highest BCUT2D eigenvalue weighted by atomic mass is 35.5. The van der Waals surface area contributed by atoms with Crippen LogP contribution in [0.1, 0.15) is 25.0 Å². The molecule has 88 valence electrons. The molecule has 0 aromatic heterocycles. The van der Waals surface area contributed by atoms with Gasteiger partial charge in [0.15, 0.2) is 0 Å². The molecule has 1 rings (SSSR count). The van der Waals surface area contributed by atoms with Gasteiger partial charge in [-0.1, -0.05) is 12.1 Å². The number of amides is 1. The number of aryl methyl sites for hydroxylation is 1. The highest BCUT2D eigenvalue weighted by Crippen LogP contribution is 2.22. The first-order valence-corrected chi connectivity index (χ1v) is 5.54. The van der Waals surface area contributed by atoms with Crippen LogP contribution in [0.3, 0.4) is 0 Å². The minimum absolute atomic E-state index is 0.0798. The van der Waals surface area contributed by atoms with Crippen LogP contribution in [0.4, 0.5) is 4.39 Å². The molecule has 0 heterocycles. The number of carbonyl (C=O) groups is 1. The number of hydrogen-bond donors (Lipinski definition) is 1. The van der Waals surface area contributed by atoms with E-state index in [1.807, 2.05) is 13.8 Å². The Bertz CT molecular complexity index is 404. The molecule has 0 atom stereocenters. The molecule has 0 spiro atoms. The van der Waals surface area contributed by atoms with Gasteiger partial charge in [-0.3, -0.25) is 4.79 Å². The molecule has 1 aromatic rings. The van der Waals surface area contributed by atoms with E-state index in [1.54, 1.807) is 19.1 Å². The fourth-order valence-electron chi connectivity index (χ4n) is 1.49. The molecule has 0 unspecified atom stereocenters. The molecule has 0 aliphatic rings. The van der Waals surface area contributed by atoms with Crippen molar-refractivity contribution in [2.24, 2.45) is 0 Å². The fraction of sp³-hybridized carbons (Fsp3) is 0.417. The summed E-state index contributed by atoms with van der Waals surface area (Å²) in [6.07, 6.45) is 0. The molecule has 1 amide bonds. The lowest BCUT2D eigenvalue weighted by Gasteiger charge is -2.27. The molecule has 0 saturated heterocycles. The smallest absolute Gasteiger partial charge is 0.235 e. The van der Waals surface area contributed by atoms with Gasteiger partial charge in [0.25, 0.3) is 0 Å². The van der Waals surface area contributed by atoms with Crippen LogP contribution >= 0.6 is 11.6 Å². The largest absolute Gasteiger partial charge is 0.346 e. The molecular weight excluding hydrogens is 229 g/mol. The van der Waals surface area contributed by atoms with Crippen molar-refractivity contribution in [2.45, 2.75) is 26.3 Å². The second-order valence-electron chi connectivity index (χ2n) is 4.27. The Labute approximate surface area is 99.8 Å². The first kappa shape index (κ1) is 13.0. The van der Waals surface area contributed by atoms with E-state index in [0.29, 0.717) is 5.56 Å². The molecule has 0 aliphatic heterocycles. The second-order valence-corrected chi connectivity index (χ2v) is 4.54. The van der Waals surface area contributed by atoms with Gasteiger partial charge in [0.05, 0.1) is 5.54 Å². The number of nitrogens with one attached hydrogen (secondary N) is 1. The minimum atomic E-state index is -0.551. The summed E-state index contributed by atoms with van der Waals surface area (Å²) in [5.74, 6) is -0.569. The first-order valence-electron chi connectivity index (χ1n) is 5.00. The van der Waals surface area contributed by atoms with Crippen LogP contribution in [0.2, 0.25) is 0 Å². The Morgan fingerprint density at radius 1 is 1.50 bits per heavy atom. The molecule has 0 fully saturated rings. The number of halogens is 2. The summed E-state index contributed by atoms with van der Waals surface area (Å²) in [5.41, 5.74) is 0.861. The third kappa shape index (κ3) is 2.95. The molecule has 1 aromatic carbocycles. The SMILES string of the molecule is Cc1cc(C(C)(C)NC(=O)CCl)ccc1F. The van der Waals surface area contributed by atoms with Crippen molar-refractivity contribution in [3.05, 3.63) is 35.1 Å². The van der Waals surface area contributed by atoms with Crippen LogP contribution in [0, 0.1) is 12.7 Å². The maximum absolute atomic E-state index is 13.1. The Morgan fingerprint density at radius 3 is 2.62 bits per heavy atom. The highest BCUT2D eigenvalue weighted by Gasteiger charge is 2.22. The average molecular weight is 244 g/mol. The van der Waals surface area contributed by atoms with Crippen LogP contribution in [0.15, 0.2) is 18.2 Å². The van der Waals surface area contributed by atoms with Crippen LogP contribution in [0.25, 0.3) is 0 Å². The van der Waals surface area contributed by atoms with E-state index in [2.05, 4.69) is 5.32 Å². The number of benzene rings is 1. The van der Waals surface area contributed by atoms with E-state index in [9.17, 15) is 9.18 Å². The van der Waals surface area contributed by atoms with Crippen molar-refractivity contribution >= 4 is 17.5 Å². The standard InChI is InChI=1S/C12H15ClFNO/c1-8-6-9(4-5-10(8)14)12(2,3)15-11(16)7-13/h4-6H,7H2,1-3H3,(H,15,16). The molecule has 1 N–H and O–H groups in total. The summed E-state index contributed by atoms with van der Waals surface area (Å²) in [7, 11) is 0. The minimum Gasteiger partial charge on any atom is -0.346 e. The van der Waals surface area contributed by atoms with Gasteiger partial charge in [-0.05, 0) is 38.0 Å². The van der Waals surface area contributed by atoms with Gasteiger partial charge in [0.2, 0.25) is 5.91 Å². The van der Waals surface area contributed by atoms with Crippen molar-refractivity contribution in [3.8, 4) is 0 Å². The van der Waals surface area contributed by atoms with E-state index >= 15 is 0 Å². The van der Waals surface area contributed by atoms with E-state index in [0.717, 1.165) is 5.56 Å². The molecule has 4 heteroatoms. The van der Waals surface area contributed by atoms with Crippen LogP contribution in [0.5, 0.6) is 0 Å². The summed E-state index contributed by atoms with van der Waals surface area (Å²) in [6.45, 7) is 5.40. The lowest BCUT2D eigenvalue weighted by molar-refractivity contribution is -0.120. The Hall–Kier alpha value is -1.09. The van der Waals surface area contributed by atoms with Crippen molar-refractivity contribution in [2.75, 3.05) is 5.88 Å². The van der Waals surface area contributed by atoms with Crippen LogP contribution in [-0.2, 0) is 10.3 Å². The molecule has 0 bridgehead atoms. The van der Waals surface area contributed by atoms with E-state index in [1.165, 1.54) is 6.07 Å². The van der Waals surface area contributed by atoms with Crippen molar-refractivity contribution in [1.29, 1.82) is 0 Å². The Balaban J connectivity index is 2.97. The normalized spacial score (nSPS) is 11.3. The van der Waals surface area contributed by atoms with E-state index < -0.39 is 5.54 Å². The van der Waals surface area contributed by atoms with Gasteiger partial charge >= 0.3 is 0 Å². The second kappa shape index (κ2) is 4.83. The van der Waals surface area contributed by atoms with Gasteiger partial charge in [-0.15, -0.1) is 11.6 Å². The average Bonchev–Trinajstić information content (AvgIpc) is 2.21. The maximum atomic E-state index is 13.1. The zero-order valence-electron chi connectivity index (χ0n) is 9.60. The van der Waals surface area contributed by atoms with Gasteiger partial charge < -0.3 is 5.32 Å². The summed E-state index contributed by atoms with van der Waals surface area (Å²) in [4.78, 5) is 11.2. The topological polar surface area (TPSA) is 29.1 Å². The summed E-state index contributed by atoms with van der Waals surface area (Å²) in [6, 6.07) is 4.79. The van der Waals surface area contributed by atoms with Crippen molar-refractivity contribution < 1.29 is 9.18 Å². The summed E-state index contributed by atoms with van der Waals surface area (Å²) in [5, 5.41) is 2.78. The monoisotopic (exact) mass is 243 g/mol. The van der Waals surface area contributed by atoms with Gasteiger partial charge in [-0.2, -0.15) is 0 Å². The number of hydrogen-bond acceptors (Lipinski definition) is 1. The van der Waals surface area contributed by atoms with Crippen molar-refractivity contribution in [1.82, 2.24) is 5.32 Å². The zero-order valence-corrected chi connectivity index (χ0v) is 10.4. The maximum Gasteiger partial charge on any atom is 0.235 e.